The van der Waals surface area contributed by atoms with Crippen LogP contribution < -0.4 is 10.1 Å². The number of rotatable bonds is 6. The van der Waals surface area contributed by atoms with Gasteiger partial charge in [0.05, 0.1) is 6.20 Å². The van der Waals surface area contributed by atoms with Gasteiger partial charge >= 0.3 is 6.36 Å². The summed E-state index contributed by atoms with van der Waals surface area (Å²) in [7, 11) is 0. The lowest BCUT2D eigenvalue weighted by Gasteiger charge is -2.10. The predicted molar refractivity (Wildman–Crippen MR) is 74.6 cm³/mol. The number of nitrogens with zero attached hydrogens (tertiary/aromatic N) is 3. The Kier molecular flexibility index (Phi) is 5.20. The van der Waals surface area contributed by atoms with Crippen LogP contribution in [0.15, 0.2) is 30.5 Å². The molecule has 0 radical (unpaired) electrons. The molecular weight excluding hydrogens is 313 g/mol. The van der Waals surface area contributed by atoms with E-state index >= 15 is 0 Å². The van der Waals surface area contributed by atoms with Crippen molar-refractivity contribution in [3.05, 3.63) is 41.7 Å². The first-order chi connectivity index (χ1) is 10.9. The molecule has 6 nitrogen and oxygen atoms in total. The molecule has 2 aromatic rings. The van der Waals surface area contributed by atoms with Gasteiger partial charge in [0.2, 0.25) is 0 Å². The van der Waals surface area contributed by atoms with Crippen molar-refractivity contribution in [3.8, 4) is 5.75 Å². The van der Waals surface area contributed by atoms with Crippen molar-refractivity contribution in [2.75, 3.05) is 0 Å². The summed E-state index contributed by atoms with van der Waals surface area (Å²) in [6, 6.07) is 5.40. The molecule has 1 aromatic heterocycles. The zero-order valence-electron chi connectivity index (χ0n) is 12.3. The molecule has 0 aliphatic rings. The molecular formula is C14H15F3N4O2. The molecule has 0 atom stereocenters. The van der Waals surface area contributed by atoms with Crippen molar-refractivity contribution < 1.29 is 22.7 Å². The van der Waals surface area contributed by atoms with Crippen LogP contribution in [-0.2, 0) is 13.1 Å². The van der Waals surface area contributed by atoms with Crippen LogP contribution in [0.4, 0.5) is 13.2 Å². The van der Waals surface area contributed by atoms with Gasteiger partial charge in [0.15, 0.2) is 5.69 Å². The van der Waals surface area contributed by atoms with Gasteiger partial charge in [-0.1, -0.05) is 24.3 Å². The number of ether oxygens (including phenoxy) is 1. The van der Waals surface area contributed by atoms with E-state index in [1.165, 1.54) is 24.4 Å². The van der Waals surface area contributed by atoms with E-state index in [2.05, 4.69) is 20.4 Å². The molecule has 1 N–H and O–H groups in total. The molecule has 0 spiro atoms. The molecule has 0 aliphatic heterocycles. The SMILES string of the molecule is CCCn1cc(C(=O)NCc2cccc(OC(F)(F)F)c2)nn1. The Bertz CT molecular complexity index is 670. The number of aryl methyl sites for hydroxylation is 1. The first kappa shape index (κ1) is 16.8. The summed E-state index contributed by atoms with van der Waals surface area (Å²) < 4.78 is 41.9. The molecule has 0 unspecified atom stereocenters. The van der Waals surface area contributed by atoms with E-state index in [0.29, 0.717) is 12.1 Å². The van der Waals surface area contributed by atoms with Crippen LogP contribution in [0.25, 0.3) is 0 Å². The van der Waals surface area contributed by atoms with Crippen LogP contribution in [-0.4, -0.2) is 27.3 Å². The highest BCUT2D eigenvalue weighted by atomic mass is 19.4. The summed E-state index contributed by atoms with van der Waals surface area (Å²) in [4.78, 5) is 11.9. The lowest BCUT2D eigenvalue weighted by Crippen LogP contribution is -2.23. The Morgan fingerprint density at radius 1 is 1.39 bits per heavy atom. The van der Waals surface area contributed by atoms with Gasteiger partial charge in [0, 0.05) is 13.1 Å². The summed E-state index contributed by atoms with van der Waals surface area (Å²) in [5, 5.41) is 10.1. The minimum absolute atomic E-state index is 0.0501. The topological polar surface area (TPSA) is 69.0 Å². The number of carbonyl (C=O) groups is 1. The number of hydrogen-bond donors (Lipinski definition) is 1. The fourth-order valence-corrected chi connectivity index (χ4v) is 1.87. The molecule has 1 amide bonds. The van der Waals surface area contributed by atoms with E-state index in [-0.39, 0.29) is 18.0 Å². The first-order valence-electron chi connectivity index (χ1n) is 6.90. The van der Waals surface area contributed by atoms with Gasteiger partial charge < -0.3 is 10.1 Å². The second-order valence-corrected chi connectivity index (χ2v) is 4.74. The summed E-state index contributed by atoms with van der Waals surface area (Å²) >= 11 is 0. The van der Waals surface area contributed by atoms with Crippen LogP contribution in [0.2, 0.25) is 0 Å². The minimum atomic E-state index is -4.75. The summed E-state index contributed by atoms with van der Waals surface area (Å²) in [6.45, 7) is 2.67. The van der Waals surface area contributed by atoms with E-state index in [0.717, 1.165) is 6.42 Å². The Morgan fingerprint density at radius 3 is 2.87 bits per heavy atom. The second kappa shape index (κ2) is 7.12. The zero-order chi connectivity index (χ0) is 16.9. The van der Waals surface area contributed by atoms with E-state index in [4.69, 9.17) is 0 Å². The van der Waals surface area contributed by atoms with Crippen LogP contribution in [0.5, 0.6) is 5.75 Å². The maximum absolute atomic E-state index is 12.2. The summed E-state index contributed by atoms with van der Waals surface area (Å²) in [5.74, 6) is -0.785. The van der Waals surface area contributed by atoms with Gasteiger partial charge in [-0.2, -0.15) is 0 Å². The number of amides is 1. The lowest BCUT2D eigenvalue weighted by molar-refractivity contribution is -0.274. The molecule has 2 rings (SSSR count). The maximum Gasteiger partial charge on any atom is 0.573 e. The minimum Gasteiger partial charge on any atom is -0.406 e. The highest BCUT2D eigenvalue weighted by Crippen LogP contribution is 2.23. The molecule has 9 heteroatoms. The van der Waals surface area contributed by atoms with Crippen LogP contribution in [0.3, 0.4) is 0 Å². The van der Waals surface area contributed by atoms with Crippen molar-refractivity contribution in [2.45, 2.75) is 32.8 Å². The predicted octanol–water partition coefficient (Wildman–Crippen LogP) is 2.52. The van der Waals surface area contributed by atoms with Crippen molar-refractivity contribution >= 4 is 5.91 Å². The van der Waals surface area contributed by atoms with Gasteiger partial charge in [-0.15, -0.1) is 18.3 Å². The van der Waals surface area contributed by atoms with Crippen LogP contribution >= 0.6 is 0 Å². The van der Waals surface area contributed by atoms with E-state index in [1.807, 2.05) is 6.92 Å². The molecule has 0 aliphatic carbocycles. The standard InChI is InChI=1S/C14H15F3N4O2/c1-2-6-21-9-12(19-20-21)13(22)18-8-10-4-3-5-11(7-10)23-14(15,16)17/h3-5,7,9H,2,6,8H2,1H3,(H,18,22). The molecule has 1 heterocycles. The van der Waals surface area contributed by atoms with E-state index in [1.54, 1.807) is 10.7 Å². The smallest absolute Gasteiger partial charge is 0.406 e. The molecule has 0 saturated carbocycles. The van der Waals surface area contributed by atoms with Gasteiger partial charge in [-0.05, 0) is 24.1 Å². The summed E-state index contributed by atoms with van der Waals surface area (Å²) in [6.07, 6.45) is -2.38. The fourth-order valence-electron chi connectivity index (χ4n) is 1.87. The first-order valence-corrected chi connectivity index (χ1v) is 6.90. The Labute approximate surface area is 130 Å². The van der Waals surface area contributed by atoms with Crippen molar-refractivity contribution in [2.24, 2.45) is 0 Å². The van der Waals surface area contributed by atoms with E-state index in [9.17, 15) is 18.0 Å². The Hall–Kier alpha value is -2.58. The number of benzene rings is 1. The van der Waals surface area contributed by atoms with Crippen molar-refractivity contribution in [3.63, 3.8) is 0 Å². The average molecular weight is 328 g/mol. The second-order valence-electron chi connectivity index (χ2n) is 4.74. The van der Waals surface area contributed by atoms with Gasteiger partial charge in [0.1, 0.15) is 5.75 Å². The zero-order valence-corrected chi connectivity index (χ0v) is 12.3. The molecule has 0 fully saturated rings. The number of hydrogen-bond acceptors (Lipinski definition) is 4. The highest BCUT2D eigenvalue weighted by Gasteiger charge is 2.31. The third-order valence-corrected chi connectivity index (χ3v) is 2.81. The van der Waals surface area contributed by atoms with Crippen molar-refractivity contribution in [1.82, 2.24) is 20.3 Å². The van der Waals surface area contributed by atoms with Crippen molar-refractivity contribution in [1.29, 1.82) is 0 Å². The molecule has 1 aromatic carbocycles. The van der Waals surface area contributed by atoms with Crippen LogP contribution in [0, 0.1) is 0 Å². The largest absolute Gasteiger partial charge is 0.573 e. The molecule has 124 valence electrons. The Morgan fingerprint density at radius 2 is 2.17 bits per heavy atom. The Balaban J connectivity index is 1.94. The third kappa shape index (κ3) is 5.28. The molecule has 0 saturated heterocycles. The molecule has 23 heavy (non-hydrogen) atoms. The number of nitrogens with one attached hydrogen (secondary N) is 1. The fraction of sp³-hybridized carbons (Fsp3) is 0.357. The normalized spacial score (nSPS) is 11.3. The lowest BCUT2D eigenvalue weighted by atomic mass is 10.2. The monoisotopic (exact) mass is 328 g/mol. The maximum atomic E-state index is 12.2. The van der Waals surface area contributed by atoms with Gasteiger partial charge in [-0.25, -0.2) is 0 Å². The van der Waals surface area contributed by atoms with Gasteiger partial charge in [0.25, 0.3) is 5.91 Å². The summed E-state index contributed by atoms with van der Waals surface area (Å²) in [5.41, 5.74) is 0.627. The number of aromatic nitrogens is 3. The highest BCUT2D eigenvalue weighted by molar-refractivity contribution is 5.91. The van der Waals surface area contributed by atoms with Crippen LogP contribution in [0.1, 0.15) is 29.4 Å². The quantitative estimate of drug-likeness (QED) is 0.885. The number of carbonyl (C=O) groups excluding carboxylic acids is 1. The number of halogens is 3. The van der Waals surface area contributed by atoms with Gasteiger partial charge in [-0.3, -0.25) is 9.48 Å². The third-order valence-electron chi connectivity index (χ3n) is 2.81. The number of alkyl halides is 3. The van der Waals surface area contributed by atoms with E-state index < -0.39 is 12.3 Å². The average Bonchev–Trinajstić information content (AvgIpc) is 2.92. The molecule has 0 bridgehead atoms.